The molecule has 0 aromatic rings. The summed E-state index contributed by atoms with van der Waals surface area (Å²) >= 11 is 0. The van der Waals surface area contributed by atoms with Crippen LogP contribution in [-0.4, -0.2) is 43.7 Å². The van der Waals surface area contributed by atoms with Crippen LogP contribution in [0.2, 0.25) is 0 Å². The Balaban J connectivity index is 1.72. The van der Waals surface area contributed by atoms with Crippen molar-refractivity contribution in [2.24, 2.45) is 5.41 Å². The zero-order valence-electron chi connectivity index (χ0n) is 10.4. The van der Waals surface area contributed by atoms with Crippen molar-refractivity contribution >= 4 is 6.03 Å². The molecule has 16 heavy (non-hydrogen) atoms. The first-order valence-electron chi connectivity index (χ1n) is 6.30. The van der Waals surface area contributed by atoms with E-state index < -0.39 is 0 Å². The van der Waals surface area contributed by atoms with E-state index in [1.54, 1.807) is 0 Å². The normalized spacial score (nSPS) is 31.1. The summed E-state index contributed by atoms with van der Waals surface area (Å²) in [6, 6.07) is 0.457. The van der Waals surface area contributed by atoms with Crippen molar-refractivity contribution in [2.45, 2.75) is 38.6 Å². The molecule has 1 unspecified atom stereocenters. The monoisotopic (exact) mass is 225 g/mol. The molecule has 0 aromatic carbocycles. The first kappa shape index (κ1) is 11.7. The van der Waals surface area contributed by atoms with Crippen molar-refractivity contribution in [3.05, 3.63) is 0 Å². The molecule has 0 spiro atoms. The number of piperidine rings is 1. The number of nitrogens with zero attached hydrogens (tertiary/aromatic N) is 1. The highest BCUT2D eigenvalue weighted by Crippen LogP contribution is 2.27. The molecule has 2 rings (SSSR count). The molecule has 0 aromatic heterocycles. The van der Waals surface area contributed by atoms with Crippen molar-refractivity contribution in [2.75, 3.05) is 26.7 Å². The number of carbonyl (C=O) groups is 1. The molecule has 1 saturated heterocycles. The van der Waals surface area contributed by atoms with Crippen LogP contribution in [0.3, 0.4) is 0 Å². The van der Waals surface area contributed by atoms with E-state index in [2.05, 4.69) is 29.5 Å². The molecular weight excluding hydrogens is 202 g/mol. The Labute approximate surface area is 97.8 Å². The predicted octanol–water partition coefficient (Wildman–Crippen LogP) is 1.18. The molecule has 4 nitrogen and oxygen atoms in total. The van der Waals surface area contributed by atoms with Crippen LogP contribution in [0, 0.1) is 5.41 Å². The highest BCUT2D eigenvalue weighted by atomic mass is 16.2. The highest BCUT2D eigenvalue weighted by Gasteiger charge is 2.30. The molecule has 1 saturated carbocycles. The van der Waals surface area contributed by atoms with Crippen molar-refractivity contribution in [3.8, 4) is 0 Å². The van der Waals surface area contributed by atoms with Crippen LogP contribution < -0.4 is 10.6 Å². The quantitative estimate of drug-likeness (QED) is 0.757. The van der Waals surface area contributed by atoms with Crippen LogP contribution in [0.5, 0.6) is 0 Å². The minimum absolute atomic E-state index is 0.0111. The second-order valence-corrected chi connectivity index (χ2v) is 5.75. The maximum absolute atomic E-state index is 11.5. The number of urea groups is 1. The van der Waals surface area contributed by atoms with Crippen molar-refractivity contribution in [1.29, 1.82) is 0 Å². The zero-order valence-corrected chi connectivity index (χ0v) is 10.4. The summed E-state index contributed by atoms with van der Waals surface area (Å²) in [6.45, 7) is 5.32. The van der Waals surface area contributed by atoms with Gasteiger partial charge in [-0.05, 0) is 44.7 Å². The van der Waals surface area contributed by atoms with Gasteiger partial charge in [-0.1, -0.05) is 6.92 Å². The lowest BCUT2D eigenvalue weighted by atomic mass is 9.82. The molecular formula is C12H23N3O. The zero-order chi connectivity index (χ0) is 11.6. The van der Waals surface area contributed by atoms with Gasteiger partial charge in [0.2, 0.25) is 0 Å². The van der Waals surface area contributed by atoms with Gasteiger partial charge in [-0.15, -0.1) is 0 Å². The minimum Gasteiger partial charge on any atom is -0.338 e. The molecule has 1 aliphatic heterocycles. The van der Waals surface area contributed by atoms with Crippen LogP contribution in [-0.2, 0) is 0 Å². The van der Waals surface area contributed by atoms with E-state index in [0.29, 0.717) is 6.04 Å². The highest BCUT2D eigenvalue weighted by molar-refractivity contribution is 5.74. The van der Waals surface area contributed by atoms with Gasteiger partial charge in [0.05, 0.1) is 0 Å². The molecule has 0 bridgehead atoms. The number of amides is 2. The van der Waals surface area contributed by atoms with E-state index in [-0.39, 0.29) is 11.4 Å². The Hall–Kier alpha value is -0.770. The van der Waals surface area contributed by atoms with Crippen LogP contribution in [0.25, 0.3) is 0 Å². The topological polar surface area (TPSA) is 44.4 Å². The fourth-order valence-corrected chi connectivity index (χ4v) is 2.49. The first-order chi connectivity index (χ1) is 7.57. The van der Waals surface area contributed by atoms with Gasteiger partial charge in [0.15, 0.2) is 0 Å². The fraction of sp³-hybridized carbons (Fsp3) is 0.917. The maximum atomic E-state index is 11.5. The molecule has 1 heterocycles. The lowest BCUT2D eigenvalue weighted by Gasteiger charge is -2.38. The second-order valence-electron chi connectivity index (χ2n) is 5.75. The van der Waals surface area contributed by atoms with Crippen LogP contribution in [0.1, 0.15) is 32.6 Å². The van der Waals surface area contributed by atoms with Gasteiger partial charge >= 0.3 is 6.03 Å². The lowest BCUT2D eigenvalue weighted by Crippen LogP contribution is -2.48. The summed E-state index contributed by atoms with van der Waals surface area (Å²) in [4.78, 5) is 13.9. The average Bonchev–Trinajstić information content (AvgIpc) is 2.99. The minimum atomic E-state index is 0.0111. The van der Waals surface area contributed by atoms with E-state index in [4.69, 9.17) is 0 Å². The number of rotatable bonds is 3. The fourth-order valence-electron chi connectivity index (χ4n) is 2.49. The summed E-state index contributed by atoms with van der Waals surface area (Å²) in [6.07, 6.45) is 4.74. The Kier molecular flexibility index (Phi) is 3.38. The molecule has 4 heteroatoms. The number of likely N-dealkylation sites (tertiary alicyclic amines) is 1. The van der Waals surface area contributed by atoms with Gasteiger partial charge in [-0.25, -0.2) is 4.79 Å². The summed E-state index contributed by atoms with van der Waals surface area (Å²) in [5.74, 6) is 0. The molecule has 2 amide bonds. The largest absolute Gasteiger partial charge is 0.338 e. The molecule has 2 N–H and O–H groups in total. The Bertz CT molecular complexity index is 265. The van der Waals surface area contributed by atoms with E-state index in [9.17, 15) is 4.79 Å². The first-order valence-corrected chi connectivity index (χ1v) is 6.30. The number of hydrogen-bond acceptors (Lipinski definition) is 2. The van der Waals surface area contributed by atoms with E-state index in [0.717, 1.165) is 25.9 Å². The standard InChI is InChI=1S/C12H23N3O/c1-12(6-3-7-15(2)9-12)8-13-11(16)14-10-4-5-10/h10H,3-9H2,1-2H3,(H2,13,14,16). The van der Waals surface area contributed by atoms with Gasteiger partial charge in [0.25, 0.3) is 0 Å². The van der Waals surface area contributed by atoms with Gasteiger partial charge in [-0.2, -0.15) is 0 Å². The molecule has 1 aliphatic carbocycles. The summed E-state index contributed by atoms with van der Waals surface area (Å²) < 4.78 is 0. The van der Waals surface area contributed by atoms with E-state index in [1.807, 2.05) is 0 Å². The SMILES string of the molecule is CN1CCCC(C)(CNC(=O)NC2CC2)C1. The average molecular weight is 225 g/mol. The molecule has 0 radical (unpaired) electrons. The van der Waals surface area contributed by atoms with Gasteiger partial charge in [-0.3, -0.25) is 0 Å². The molecule has 2 aliphatic rings. The number of nitrogens with one attached hydrogen (secondary N) is 2. The maximum Gasteiger partial charge on any atom is 0.315 e. The van der Waals surface area contributed by atoms with Crippen LogP contribution in [0.4, 0.5) is 4.79 Å². The lowest BCUT2D eigenvalue weighted by molar-refractivity contribution is 0.125. The Morgan fingerprint density at radius 3 is 2.88 bits per heavy atom. The van der Waals surface area contributed by atoms with Crippen LogP contribution >= 0.6 is 0 Å². The van der Waals surface area contributed by atoms with Gasteiger partial charge in [0.1, 0.15) is 0 Å². The van der Waals surface area contributed by atoms with Gasteiger partial charge < -0.3 is 15.5 Å². The third-order valence-corrected chi connectivity index (χ3v) is 3.56. The third kappa shape index (κ3) is 3.37. The summed E-state index contributed by atoms with van der Waals surface area (Å²) in [5.41, 5.74) is 0.244. The van der Waals surface area contributed by atoms with Gasteiger partial charge in [0, 0.05) is 19.1 Å². The summed E-state index contributed by atoms with van der Waals surface area (Å²) in [5, 5.41) is 5.97. The predicted molar refractivity (Wildman–Crippen MR) is 64.4 cm³/mol. The Morgan fingerprint density at radius 1 is 1.50 bits per heavy atom. The number of carbonyl (C=O) groups excluding carboxylic acids is 1. The molecule has 1 atom stereocenters. The molecule has 2 fully saturated rings. The Morgan fingerprint density at radius 2 is 2.25 bits per heavy atom. The summed E-state index contributed by atoms with van der Waals surface area (Å²) in [7, 11) is 2.15. The molecule has 92 valence electrons. The van der Waals surface area contributed by atoms with Crippen LogP contribution in [0.15, 0.2) is 0 Å². The second kappa shape index (κ2) is 4.62. The van der Waals surface area contributed by atoms with Crippen molar-refractivity contribution in [1.82, 2.24) is 15.5 Å². The van der Waals surface area contributed by atoms with Crippen molar-refractivity contribution < 1.29 is 4.79 Å². The van der Waals surface area contributed by atoms with Crippen molar-refractivity contribution in [3.63, 3.8) is 0 Å². The van der Waals surface area contributed by atoms with E-state index >= 15 is 0 Å². The third-order valence-electron chi connectivity index (χ3n) is 3.56. The van der Waals surface area contributed by atoms with E-state index in [1.165, 1.54) is 19.4 Å². The smallest absolute Gasteiger partial charge is 0.315 e. The number of hydrogen-bond donors (Lipinski definition) is 2.